The zero-order chi connectivity index (χ0) is 20.9. The van der Waals surface area contributed by atoms with Crippen LogP contribution >= 0.6 is 0 Å². The van der Waals surface area contributed by atoms with Crippen molar-refractivity contribution in [1.29, 1.82) is 0 Å². The van der Waals surface area contributed by atoms with Crippen LogP contribution in [0.5, 0.6) is 11.5 Å². The molecule has 1 fully saturated rings. The van der Waals surface area contributed by atoms with Crippen LogP contribution in [0.25, 0.3) is 0 Å². The number of hydrogen-bond donors (Lipinski definition) is 2. The quantitative estimate of drug-likeness (QED) is 0.434. The first-order chi connectivity index (χ1) is 14.2. The number of rotatable bonds is 11. The molecule has 0 bridgehead atoms. The van der Waals surface area contributed by atoms with Crippen LogP contribution in [0.4, 0.5) is 0 Å². The summed E-state index contributed by atoms with van der Waals surface area (Å²) in [5.74, 6) is 3.08. The van der Waals surface area contributed by atoms with Crippen LogP contribution in [0.1, 0.15) is 25.3 Å². The lowest BCUT2D eigenvalue weighted by molar-refractivity contribution is 0.121. The molecule has 1 aromatic rings. The molecule has 1 aliphatic rings. The number of hydrogen-bond acceptors (Lipinski definition) is 5. The van der Waals surface area contributed by atoms with Crippen LogP contribution < -0.4 is 20.1 Å². The van der Waals surface area contributed by atoms with Gasteiger partial charge in [0.25, 0.3) is 0 Å². The van der Waals surface area contributed by atoms with Gasteiger partial charge in [0.1, 0.15) is 0 Å². The number of piperidine rings is 1. The number of aliphatic imine (C=N–C) groups is 1. The normalized spacial score (nSPS) is 15.9. The fourth-order valence-corrected chi connectivity index (χ4v) is 3.54. The monoisotopic (exact) mass is 406 g/mol. The lowest BCUT2D eigenvalue weighted by Gasteiger charge is -2.31. The fraction of sp³-hybridized carbons (Fsp3) is 0.682. The Labute approximate surface area is 175 Å². The van der Waals surface area contributed by atoms with Crippen molar-refractivity contribution in [2.75, 3.05) is 67.2 Å². The molecule has 1 aliphatic heterocycles. The Morgan fingerprint density at radius 2 is 1.86 bits per heavy atom. The highest BCUT2D eigenvalue weighted by Gasteiger charge is 2.18. The van der Waals surface area contributed by atoms with Crippen molar-refractivity contribution in [3.63, 3.8) is 0 Å². The van der Waals surface area contributed by atoms with Gasteiger partial charge >= 0.3 is 0 Å². The smallest absolute Gasteiger partial charge is 0.191 e. The maximum atomic E-state index is 5.39. The van der Waals surface area contributed by atoms with Gasteiger partial charge in [-0.05, 0) is 62.9 Å². The highest BCUT2D eigenvalue weighted by atomic mass is 16.5. The Hall–Kier alpha value is -1.99. The van der Waals surface area contributed by atoms with E-state index in [-0.39, 0.29) is 0 Å². The SMILES string of the molecule is CCNC(=NCC1CCN(CCOC)CC1)NCCc1ccc(OC)c(OC)c1. The Kier molecular flexibility index (Phi) is 10.7. The van der Waals surface area contributed by atoms with E-state index in [4.69, 9.17) is 19.2 Å². The summed E-state index contributed by atoms with van der Waals surface area (Å²) in [5.41, 5.74) is 1.20. The molecule has 1 heterocycles. The van der Waals surface area contributed by atoms with Gasteiger partial charge in [-0.2, -0.15) is 0 Å². The van der Waals surface area contributed by atoms with Gasteiger partial charge in [-0.25, -0.2) is 0 Å². The van der Waals surface area contributed by atoms with Crippen molar-refractivity contribution >= 4 is 5.96 Å². The average Bonchev–Trinajstić information content (AvgIpc) is 2.76. The molecule has 0 saturated carbocycles. The minimum atomic E-state index is 0.662. The van der Waals surface area contributed by atoms with Gasteiger partial charge in [-0.3, -0.25) is 4.99 Å². The minimum Gasteiger partial charge on any atom is -0.493 e. The molecule has 1 aromatic carbocycles. The number of ether oxygens (including phenoxy) is 3. The van der Waals surface area contributed by atoms with Crippen LogP contribution in [0.15, 0.2) is 23.2 Å². The Morgan fingerprint density at radius 3 is 2.52 bits per heavy atom. The predicted octanol–water partition coefficient (Wildman–Crippen LogP) is 2.16. The molecule has 0 atom stereocenters. The first kappa shape index (κ1) is 23.3. The van der Waals surface area contributed by atoms with E-state index in [0.29, 0.717) is 5.92 Å². The number of guanidine groups is 1. The van der Waals surface area contributed by atoms with E-state index >= 15 is 0 Å². The van der Waals surface area contributed by atoms with E-state index in [1.54, 1.807) is 21.3 Å². The van der Waals surface area contributed by atoms with Gasteiger partial charge in [-0.1, -0.05) is 6.07 Å². The van der Waals surface area contributed by atoms with E-state index in [1.165, 1.54) is 18.4 Å². The van der Waals surface area contributed by atoms with Crippen LogP contribution in [-0.2, 0) is 11.2 Å². The molecule has 1 saturated heterocycles. The van der Waals surface area contributed by atoms with Crippen molar-refractivity contribution in [3.8, 4) is 11.5 Å². The first-order valence-corrected chi connectivity index (χ1v) is 10.6. The zero-order valence-corrected chi connectivity index (χ0v) is 18.5. The van der Waals surface area contributed by atoms with Gasteiger partial charge in [0.2, 0.25) is 0 Å². The van der Waals surface area contributed by atoms with Crippen molar-refractivity contribution in [3.05, 3.63) is 23.8 Å². The highest BCUT2D eigenvalue weighted by Crippen LogP contribution is 2.27. The van der Waals surface area contributed by atoms with Crippen molar-refractivity contribution in [2.24, 2.45) is 10.9 Å². The van der Waals surface area contributed by atoms with Gasteiger partial charge in [0.15, 0.2) is 17.5 Å². The molecular formula is C22H38N4O3. The van der Waals surface area contributed by atoms with E-state index in [1.807, 2.05) is 12.1 Å². The van der Waals surface area contributed by atoms with E-state index in [2.05, 4.69) is 28.5 Å². The summed E-state index contributed by atoms with van der Waals surface area (Å²) < 4.78 is 15.9. The fourth-order valence-electron chi connectivity index (χ4n) is 3.54. The number of nitrogens with one attached hydrogen (secondary N) is 2. The predicted molar refractivity (Wildman–Crippen MR) is 118 cm³/mol. The molecule has 7 nitrogen and oxygen atoms in total. The molecule has 2 N–H and O–H groups in total. The minimum absolute atomic E-state index is 0.662. The number of nitrogens with zero attached hydrogens (tertiary/aromatic N) is 2. The van der Waals surface area contributed by atoms with Crippen LogP contribution in [0, 0.1) is 5.92 Å². The molecule has 0 spiro atoms. The van der Waals surface area contributed by atoms with Crippen LogP contribution in [0.3, 0.4) is 0 Å². The van der Waals surface area contributed by atoms with Gasteiger partial charge < -0.3 is 29.7 Å². The van der Waals surface area contributed by atoms with Crippen molar-refractivity contribution in [2.45, 2.75) is 26.2 Å². The third-order valence-corrected chi connectivity index (χ3v) is 5.32. The molecule has 0 radical (unpaired) electrons. The molecule has 29 heavy (non-hydrogen) atoms. The second kappa shape index (κ2) is 13.3. The lowest BCUT2D eigenvalue weighted by Crippen LogP contribution is -2.40. The second-order valence-corrected chi connectivity index (χ2v) is 7.36. The van der Waals surface area contributed by atoms with Crippen molar-refractivity contribution < 1.29 is 14.2 Å². The third kappa shape index (κ3) is 8.11. The van der Waals surface area contributed by atoms with E-state index in [0.717, 1.165) is 69.8 Å². The summed E-state index contributed by atoms with van der Waals surface area (Å²) in [5, 5.41) is 6.80. The average molecular weight is 407 g/mol. The third-order valence-electron chi connectivity index (χ3n) is 5.32. The second-order valence-electron chi connectivity index (χ2n) is 7.36. The molecule has 0 aromatic heterocycles. The van der Waals surface area contributed by atoms with Gasteiger partial charge in [0.05, 0.1) is 20.8 Å². The Morgan fingerprint density at radius 1 is 1.10 bits per heavy atom. The first-order valence-electron chi connectivity index (χ1n) is 10.6. The maximum absolute atomic E-state index is 5.39. The van der Waals surface area contributed by atoms with E-state index < -0.39 is 0 Å². The molecule has 7 heteroatoms. The standard InChI is InChI=1S/C22H38N4O3/c1-5-23-22(25-17-19-9-12-26(13-10-19)14-15-27-2)24-11-8-18-6-7-20(28-3)21(16-18)29-4/h6-7,16,19H,5,8-15,17H2,1-4H3,(H2,23,24,25). The van der Waals surface area contributed by atoms with Crippen LogP contribution in [-0.4, -0.2) is 78.1 Å². The molecular weight excluding hydrogens is 368 g/mol. The maximum Gasteiger partial charge on any atom is 0.191 e. The number of benzene rings is 1. The van der Waals surface area contributed by atoms with Crippen LogP contribution in [0.2, 0.25) is 0 Å². The summed E-state index contributed by atoms with van der Waals surface area (Å²) in [7, 11) is 5.08. The molecule has 2 rings (SSSR count). The Bertz CT molecular complexity index is 616. The zero-order valence-electron chi connectivity index (χ0n) is 18.5. The molecule has 0 amide bonds. The van der Waals surface area contributed by atoms with Gasteiger partial charge in [0, 0.05) is 33.3 Å². The molecule has 164 valence electrons. The largest absolute Gasteiger partial charge is 0.493 e. The summed E-state index contributed by atoms with van der Waals surface area (Å²) in [6.07, 6.45) is 3.30. The molecule has 0 unspecified atom stereocenters. The van der Waals surface area contributed by atoms with Crippen molar-refractivity contribution in [1.82, 2.24) is 15.5 Å². The van der Waals surface area contributed by atoms with Gasteiger partial charge in [-0.15, -0.1) is 0 Å². The summed E-state index contributed by atoms with van der Waals surface area (Å²) in [6.45, 7) is 8.79. The molecule has 0 aliphatic carbocycles. The topological polar surface area (TPSA) is 67.4 Å². The summed E-state index contributed by atoms with van der Waals surface area (Å²) >= 11 is 0. The number of likely N-dealkylation sites (tertiary alicyclic amines) is 1. The Balaban J connectivity index is 1.78. The lowest BCUT2D eigenvalue weighted by atomic mass is 9.97. The van der Waals surface area contributed by atoms with E-state index in [9.17, 15) is 0 Å². The number of methoxy groups -OCH3 is 3. The summed E-state index contributed by atoms with van der Waals surface area (Å²) in [6, 6.07) is 6.05. The highest BCUT2D eigenvalue weighted by molar-refractivity contribution is 5.79. The summed E-state index contributed by atoms with van der Waals surface area (Å²) in [4.78, 5) is 7.31.